The molecule has 22 heavy (non-hydrogen) atoms. The molecule has 2 aromatic carbocycles. The lowest BCUT2D eigenvalue weighted by molar-refractivity contribution is 0.414. The second-order valence-corrected chi connectivity index (χ2v) is 7.62. The number of hydrogen-bond donors (Lipinski definition) is 0. The van der Waals surface area contributed by atoms with Gasteiger partial charge in [0.05, 0.1) is 7.11 Å². The highest BCUT2D eigenvalue weighted by molar-refractivity contribution is 6.45. The van der Waals surface area contributed by atoms with Gasteiger partial charge in [-0.3, -0.25) is 0 Å². The van der Waals surface area contributed by atoms with Gasteiger partial charge in [-0.2, -0.15) is 0 Å². The summed E-state index contributed by atoms with van der Waals surface area (Å²) in [5.74, 6) is 0.773. The molecule has 0 amide bonds. The number of halogens is 2. The van der Waals surface area contributed by atoms with Crippen LogP contribution in [-0.2, 0) is 5.41 Å². The molecule has 0 fully saturated rings. The van der Waals surface area contributed by atoms with Crippen molar-refractivity contribution in [1.82, 2.24) is 0 Å². The quantitative estimate of drug-likeness (QED) is 0.629. The molecule has 0 radical (unpaired) electrons. The summed E-state index contributed by atoms with van der Waals surface area (Å²) in [7, 11) is 1.66. The zero-order valence-corrected chi connectivity index (χ0v) is 14.9. The van der Waals surface area contributed by atoms with Crippen molar-refractivity contribution in [2.45, 2.75) is 36.9 Å². The summed E-state index contributed by atoms with van der Waals surface area (Å²) in [5.41, 5.74) is 3.63. The van der Waals surface area contributed by atoms with Crippen molar-refractivity contribution in [2.75, 3.05) is 7.11 Å². The summed E-state index contributed by atoms with van der Waals surface area (Å²) in [5, 5.41) is 0. The first-order valence-corrected chi connectivity index (χ1v) is 8.23. The summed E-state index contributed by atoms with van der Waals surface area (Å²) in [6.07, 6.45) is 0. The van der Waals surface area contributed by atoms with Crippen LogP contribution >= 0.6 is 23.2 Å². The highest BCUT2D eigenvalue weighted by Gasteiger charge is 2.22. The van der Waals surface area contributed by atoms with Gasteiger partial charge in [0.25, 0.3) is 0 Å². The molecule has 1 atom stereocenters. The number of alkyl halides is 2. The van der Waals surface area contributed by atoms with Crippen LogP contribution in [-0.4, -0.2) is 11.9 Å². The van der Waals surface area contributed by atoms with Gasteiger partial charge >= 0.3 is 0 Å². The van der Waals surface area contributed by atoms with Crippen molar-refractivity contribution in [3.05, 3.63) is 65.2 Å². The molecule has 0 saturated carbocycles. The highest BCUT2D eigenvalue weighted by Crippen LogP contribution is 2.35. The molecule has 0 spiro atoms. The van der Waals surface area contributed by atoms with E-state index in [4.69, 9.17) is 27.9 Å². The van der Waals surface area contributed by atoms with Crippen molar-refractivity contribution in [3.8, 4) is 5.75 Å². The Morgan fingerprint density at radius 3 is 1.64 bits per heavy atom. The molecular weight excluding hydrogens is 315 g/mol. The minimum atomic E-state index is -0.506. The molecule has 118 valence electrons. The molecular formula is C19H22Cl2O. The maximum atomic E-state index is 6.25. The standard InChI is InChI=1S/C19H22Cl2O/c1-19(2,3)15-9-5-13(6-10-15)17(18(20)21)14-7-11-16(22-4)12-8-14/h5-12,17-18H,1-4H3. The number of benzene rings is 2. The number of hydrogen-bond acceptors (Lipinski definition) is 1. The van der Waals surface area contributed by atoms with Crippen molar-refractivity contribution in [2.24, 2.45) is 0 Å². The van der Waals surface area contributed by atoms with Gasteiger partial charge in [-0.15, -0.1) is 23.2 Å². The summed E-state index contributed by atoms with van der Waals surface area (Å²) < 4.78 is 5.20. The van der Waals surface area contributed by atoms with Crippen LogP contribution in [0.4, 0.5) is 0 Å². The Morgan fingerprint density at radius 2 is 1.27 bits per heavy atom. The van der Waals surface area contributed by atoms with E-state index >= 15 is 0 Å². The molecule has 1 unspecified atom stereocenters. The first-order chi connectivity index (χ1) is 10.3. The monoisotopic (exact) mass is 336 g/mol. The maximum Gasteiger partial charge on any atom is 0.118 e. The molecule has 2 aromatic rings. The Labute approximate surface area is 143 Å². The van der Waals surface area contributed by atoms with E-state index in [1.54, 1.807) is 7.11 Å². The van der Waals surface area contributed by atoms with Crippen molar-refractivity contribution in [1.29, 1.82) is 0 Å². The summed E-state index contributed by atoms with van der Waals surface area (Å²) in [4.78, 5) is -0.506. The van der Waals surface area contributed by atoms with Gasteiger partial charge in [-0.05, 0) is 34.2 Å². The van der Waals surface area contributed by atoms with E-state index in [1.165, 1.54) is 5.56 Å². The average Bonchev–Trinajstić information content (AvgIpc) is 2.47. The minimum Gasteiger partial charge on any atom is -0.497 e. The van der Waals surface area contributed by atoms with E-state index in [0.717, 1.165) is 16.9 Å². The van der Waals surface area contributed by atoms with Crippen LogP contribution in [0.5, 0.6) is 5.75 Å². The fraction of sp³-hybridized carbons (Fsp3) is 0.368. The third-order valence-electron chi connectivity index (χ3n) is 3.86. The Morgan fingerprint density at radius 1 is 0.818 bits per heavy atom. The predicted octanol–water partition coefficient (Wildman–Crippen LogP) is 5.93. The van der Waals surface area contributed by atoms with Crippen molar-refractivity contribution >= 4 is 23.2 Å². The Kier molecular flexibility index (Phi) is 5.41. The molecule has 0 heterocycles. The number of rotatable bonds is 4. The lowest BCUT2D eigenvalue weighted by atomic mass is 9.85. The third-order valence-corrected chi connectivity index (χ3v) is 4.37. The summed E-state index contributed by atoms with van der Waals surface area (Å²) in [6, 6.07) is 16.4. The van der Waals surface area contributed by atoms with Gasteiger partial charge in [0.1, 0.15) is 10.6 Å². The molecule has 0 bridgehead atoms. The van der Waals surface area contributed by atoms with Gasteiger partial charge in [0.2, 0.25) is 0 Å². The molecule has 0 N–H and O–H groups in total. The molecule has 1 nitrogen and oxygen atoms in total. The topological polar surface area (TPSA) is 9.23 Å². The zero-order valence-electron chi connectivity index (χ0n) is 13.4. The van der Waals surface area contributed by atoms with Crippen LogP contribution in [0.25, 0.3) is 0 Å². The molecule has 0 saturated heterocycles. The Hall–Kier alpha value is -1.18. The van der Waals surface area contributed by atoms with Crippen LogP contribution in [0.1, 0.15) is 43.4 Å². The largest absolute Gasteiger partial charge is 0.497 e. The van der Waals surface area contributed by atoms with Crippen LogP contribution in [0.15, 0.2) is 48.5 Å². The predicted molar refractivity (Wildman–Crippen MR) is 95.5 cm³/mol. The lowest BCUT2D eigenvalue weighted by Crippen LogP contribution is -2.13. The average molecular weight is 337 g/mol. The Bertz CT molecular complexity index is 595. The summed E-state index contributed by atoms with van der Waals surface area (Å²) >= 11 is 12.5. The first kappa shape index (κ1) is 17.2. The molecule has 0 aromatic heterocycles. The van der Waals surface area contributed by atoms with E-state index < -0.39 is 4.84 Å². The molecule has 3 heteroatoms. The Balaban J connectivity index is 2.35. The second kappa shape index (κ2) is 6.93. The van der Waals surface area contributed by atoms with E-state index in [1.807, 2.05) is 24.3 Å². The number of ether oxygens (including phenoxy) is 1. The van der Waals surface area contributed by atoms with Gasteiger partial charge in [0.15, 0.2) is 0 Å². The van der Waals surface area contributed by atoms with E-state index in [9.17, 15) is 0 Å². The van der Waals surface area contributed by atoms with Crippen molar-refractivity contribution in [3.63, 3.8) is 0 Å². The fourth-order valence-electron chi connectivity index (χ4n) is 2.49. The first-order valence-electron chi connectivity index (χ1n) is 7.35. The smallest absolute Gasteiger partial charge is 0.118 e. The van der Waals surface area contributed by atoms with Gasteiger partial charge in [-0.1, -0.05) is 57.2 Å². The van der Waals surface area contributed by atoms with Crippen molar-refractivity contribution < 1.29 is 4.74 Å². The SMILES string of the molecule is COc1ccc(C(c2ccc(C(C)(C)C)cc2)C(Cl)Cl)cc1. The number of methoxy groups -OCH3 is 1. The van der Waals surface area contributed by atoms with Gasteiger partial charge in [0, 0.05) is 5.92 Å². The zero-order chi connectivity index (χ0) is 16.3. The highest BCUT2D eigenvalue weighted by atomic mass is 35.5. The second-order valence-electron chi connectivity index (χ2n) is 6.46. The molecule has 0 aliphatic carbocycles. The van der Waals surface area contributed by atoms with Gasteiger partial charge in [-0.25, -0.2) is 0 Å². The lowest BCUT2D eigenvalue weighted by Gasteiger charge is -2.22. The minimum absolute atomic E-state index is 0.0525. The van der Waals surface area contributed by atoms with Crippen LogP contribution in [0.2, 0.25) is 0 Å². The van der Waals surface area contributed by atoms with Gasteiger partial charge < -0.3 is 4.74 Å². The van der Waals surface area contributed by atoms with E-state index in [0.29, 0.717) is 0 Å². The van der Waals surface area contributed by atoms with E-state index in [2.05, 4.69) is 45.0 Å². The summed E-state index contributed by atoms with van der Waals surface area (Å²) in [6.45, 7) is 6.61. The van der Waals surface area contributed by atoms with Crippen LogP contribution in [0, 0.1) is 0 Å². The molecule has 0 aliphatic heterocycles. The third kappa shape index (κ3) is 3.97. The molecule has 0 aliphatic rings. The fourth-order valence-corrected chi connectivity index (χ4v) is 3.07. The molecule has 2 rings (SSSR count). The van der Waals surface area contributed by atoms with E-state index in [-0.39, 0.29) is 11.3 Å². The normalized spacial score (nSPS) is 13.2. The van der Waals surface area contributed by atoms with Crippen LogP contribution < -0.4 is 4.74 Å². The maximum absolute atomic E-state index is 6.25. The van der Waals surface area contributed by atoms with Crippen LogP contribution in [0.3, 0.4) is 0 Å².